The zero-order valence-electron chi connectivity index (χ0n) is 9.87. The number of hydrogen-bond donors (Lipinski definition) is 2. The minimum atomic E-state index is -0.0383. The minimum absolute atomic E-state index is 0.0383. The second-order valence-corrected chi connectivity index (χ2v) is 5.54. The van der Waals surface area contributed by atoms with E-state index in [-0.39, 0.29) is 11.9 Å². The topological polar surface area (TPSA) is 55.1 Å². The first-order valence-corrected chi connectivity index (χ1v) is 6.73. The molecule has 1 unspecified atom stereocenters. The Morgan fingerprint density at radius 3 is 2.76 bits per heavy atom. The molecule has 1 saturated carbocycles. The molecule has 1 aliphatic carbocycles. The van der Waals surface area contributed by atoms with Crippen LogP contribution < -0.4 is 11.1 Å². The molecule has 1 fully saturated rings. The van der Waals surface area contributed by atoms with Gasteiger partial charge in [0.25, 0.3) is 5.91 Å². The Balaban J connectivity index is 2.01. The number of nitrogens with one attached hydrogen (secondary N) is 1. The molecule has 0 aromatic heterocycles. The monoisotopic (exact) mass is 296 g/mol. The van der Waals surface area contributed by atoms with Crippen molar-refractivity contribution in [2.75, 3.05) is 5.73 Å². The fourth-order valence-corrected chi connectivity index (χ4v) is 2.28. The number of amides is 1. The first-order chi connectivity index (χ1) is 8.08. The molecular formula is C13H17BrN2O. The van der Waals surface area contributed by atoms with Crippen LogP contribution in [-0.4, -0.2) is 11.9 Å². The van der Waals surface area contributed by atoms with E-state index in [0.717, 1.165) is 4.47 Å². The van der Waals surface area contributed by atoms with E-state index < -0.39 is 0 Å². The highest BCUT2D eigenvalue weighted by molar-refractivity contribution is 9.10. The van der Waals surface area contributed by atoms with Gasteiger partial charge in [0.05, 0.1) is 0 Å². The summed E-state index contributed by atoms with van der Waals surface area (Å²) in [6.45, 7) is 2.07. The van der Waals surface area contributed by atoms with Gasteiger partial charge in [-0.2, -0.15) is 0 Å². The molecule has 4 heteroatoms. The van der Waals surface area contributed by atoms with Gasteiger partial charge in [0.2, 0.25) is 0 Å². The van der Waals surface area contributed by atoms with Crippen molar-refractivity contribution in [2.45, 2.75) is 32.2 Å². The van der Waals surface area contributed by atoms with Crippen molar-refractivity contribution < 1.29 is 4.79 Å². The summed E-state index contributed by atoms with van der Waals surface area (Å²) in [6.07, 6.45) is 3.74. The standard InChI is InChI=1S/C13H17BrN2O/c1-8(9-3-2-4-9)16-13(17)10-5-6-11(14)12(15)7-10/h5-9H,2-4,15H2,1H3,(H,16,17). The molecule has 0 bridgehead atoms. The smallest absolute Gasteiger partial charge is 0.251 e. The Kier molecular flexibility index (Phi) is 3.72. The molecule has 1 aromatic rings. The van der Waals surface area contributed by atoms with Gasteiger partial charge in [0.1, 0.15) is 0 Å². The zero-order valence-corrected chi connectivity index (χ0v) is 11.5. The Bertz CT molecular complexity index is 429. The van der Waals surface area contributed by atoms with E-state index in [1.165, 1.54) is 19.3 Å². The molecule has 0 saturated heterocycles. The largest absolute Gasteiger partial charge is 0.398 e. The summed E-state index contributed by atoms with van der Waals surface area (Å²) >= 11 is 3.32. The Morgan fingerprint density at radius 1 is 1.53 bits per heavy atom. The third kappa shape index (κ3) is 2.80. The van der Waals surface area contributed by atoms with Crippen LogP contribution in [0.4, 0.5) is 5.69 Å². The summed E-state index contributed by atoms with van der Waals surface area (Å²) in [5, 5.41) is 3.03. The van der Waals surface area contributed by atoms with Crippen LogP contribution in [0.1, 0.15) is 36.5 Å². The van der Waals surface area contributed by atoms with Crippen molar-refractivity contribution in [1.29, 1.82) is 0 Å². The highest BCUT2D eigenvalue weighted by atomic mass is 79.9. The van der Waals surface area contributed by atoms with E-state index in [1.54, 1.807) is 18.2 Å². The van der Waals surface area contributed by atoms with Crippen LogP contribution in [0, 0.1) is 5.92 Å². The highest BCUT2D eigenvalue weighted by Crippen LogP contribution is 2.29. The van der Waals surface area contributed by atoms with Crippen molar-refractivity contribution in [2.24, 2.45) is 5.92 Å². The number of carbonyl (C=O) groups excluding carboxylic acids is 1. The van der Waals surface area contributed by atoms with Gasteiger partial charge in [0, 0.05) is 21.8 Å². The molecule has 1 atom stereocenters. The molecule has 3 nitrogen and oxygen atoms in total. The average Bonchev–Trinajstić information content (AvgIpc) is 2.19. The van der Waals surface area contributed by atoms with Gasteiger partial charge in [-0.05, 0) is 59.8 Å². The molecule has 1 amide bonds. The van der Waals surface area contributed by atoms with E-state index >= 15 is 0 Å². The number of carbonyl (C=O) groups is 1. The summed E-state index contributed by atoms with van der Waals surface area (Å²) < 4.78 is 0.820. The lowest BCUT2D eigenvalue weighted by atomic mass is 9.80. The second kappa shape index (κ2) is 5.08. The van der Waals surface area contributed by atoms with Gasteiger partial charge < -0.3 is 11.1 Å². The van der Waals surface area contributed by atoms with Crippen molar-refractivity contribution >= 4 is 27.5 Å². The maximum atomic E-state index is 12.0. The van der Waals surface area contributed by atoms with Gasteiger partial charge >= 0.3 is 0 Å². The van der Waals surface area contributed by atoms with E-state index in [2.05, 4.69) is 28.2 Å². The summed E-state index contributed by atoms with van der Waals surface area (Å²) in [7, 11) is 0. The van der Waals surface area contributed by atoms with Crippen molar-refractivity contribution in [3.8, 4) is 0 Å². The molecule has 1 aromatic carbocycles. The fraction of sp³-hybridized carbons (Fsp3) is 0.462. The molecule has 1 aliphatic rings. The van der Waals surface area contributed by atoms with Gasteiger partial charge in [-0.1, -0.05) is 6.42 Å². The van der Waals surface area contributed by atoms with E-state index in [4.69, 9.17) is 5.73 Å². The maximum absolute atomic E-state index is 12.0. The van der Waals surface area contributed by atoms with Crippen LogP contribution in [0.25, 0.3) is 0 Å². The summed E-state index contributed by atoms with van der Waals surface area (Å²) in [5.74, 6) is 0.607. The van der Waals surface area contributed by atoms with Gasteiger partial charge in [0.15, 0.2) is 0 Å². The van der Waals surface area contributed by atoms with Gasteiger partial charge in [-0.15, -0.1) is 0 Å². The van der Waals surface area contributed by atoms with Crippen LogP contribution in [0.15, 0.2) is 22.7 Å². The van der Waals surface area contributed by atoms with Crippen LogP contribution in [0.2, 0.25) is 0 Å². The first kappa shape index (κ1) is 12.4. The van der Waals surface area contributed by atoms with Crippen LogP contribution >= 0.6 is 15.9 Å². The number of benzene rings is 1. The highest BCUT2D eigenvalue weighted by Gasteiger charge is 2.25. The third-order valence-corrected chi connectivity index (χ3v) is 4.20. The normalized spacial score (nSPS) is 17.3. The van der Waals surface area contributed by atoms with Crippen LogP contribution in [-0.2, 0) is 0 Å². The molecular weight excluding hydrogens is 280 g/mol. The number of nitrogens with two attached hydrogens (primary N) is 1. The molecule has 17 heavy (non-hydrogen) atoms. The Labute approximate surface area is 110 Å². The Morgan fingerprint density at radius 2 is 2.24 bits per heavy atom. The molecule has 0 aliphatic heterocycles. The predicted octanol–water partition coefficient (Wildman–Crippen LogP) is 2.95. The minimum Gasteiger partial charge on any atom is -0.398 e. The number of rotatable bonds is 3. The number of anilines is 1. The molecule has 0 heterocycles. The Hall–Kier alpha value is -1.03. The predicted molar refractivity (Wildman–Crippen MR) is 72.8 cm³/mol. The summed E-state index contributed by atoms with van der Waals surface area (Å²) in [4.78, 5) is 12.0. The summed E-state index contributed by atoms with van der Waals surface area (Å²) in [5.41, 5.74) is 6.97. The number of nitrogen functional groups attached to an aromatic ring is 1. The SMILES string of the molecule is CC(NC(=O)c1ccc(Br)c(N)c1)C1CCC1. The zero-order chi connectivity index (χ0) is 12.4. The number of hydrogen-bond acceptors (Lipinski definition) is 2. The molecule has 0 spiro atoms. The third-order valence-electron chi connectivity index (χ3n) is 3.47. The molecule has 3 N–H and O–H groups in total. The van der Waals surface area contributed by atoms with Gasteiger partial charge in [-0.3, -0.25) is 4.79 Å². The van der Waals surface area contributed by atoms with Crippen LogP contribution in [0.5, 0.6) is 0 Å². The average molecular weight is 297 g/mol. The molecule has 0 radical (unpaired) electrons. The fourth-order valence-electron chi connectivity index (χ4n) is 2.03. The van der Waals surface area contributed by atoms with E-state index in [0.29, 0.717) is 17.2 Å². The van der Waals surface area contributed by atoms with Crippen molar-refractivity contribution in [3.63, 3.8) is 0 Å². The second-order valence-electron chi connectivity index (χ2n) is 4.69. The van der Waals surface area contributed by atoms with Crippen molar-refractivity contribution in [3.05, 3.63) is 28.2 Å². The lowest BCUT2D eigenvalue weighted by Crippen LogP contribution is -2.40. The quantitative estimate of drug-likeness (QED) is 0.843. The maximum Gasteiger partial charge on any atom is 0.251 e. The van der Waals surface area contributed by atoms with E-state index in [1.807, 2.05) is 0 Å². The van der Waals surface area contributed by atoms with Crippen LogP contribution in [0.3, 0.4) is 0 Å². The van der Waals surface area contributed by atoms with Crippen molar-refractivity contribution in [1.82, 2.24) is 5.32 Å². The van der Waals surface area contributed by atoms with E-state index in [9.17, 15) is 4.79 Å². The first-order valence-electron chi connectivity index (χ1n) is 5.94. The molecule has 92 valence electrons. The lowest BCUT2D eigenvalue weighted by molar-refractivity contribution is 0.0909. The van der Waals surface area contributed by atoms with Gasteiger partial charge in [-0.25, -0.2) is 0 Å². The summed E-state index contributed by atoms with van der Waals surface area (Å²) in [6, 6.07) is 5.54. The lowest BCUT2D eigenvalue weighted by Gasteiger charge is -2.31. The number of halogens is 1. The molecule has 2 rings (SSSR count).